The second kappa shape index (κ2) is 8.03. The molecule has 0 unspecified atom stereocenters. The number of aryl methyl sites for hydroxylation is 1. The number of fused-ring (bicyclic) bond motifs is 1. The van der Waals surface area contributed by atoms with E-state index >= 15 is 0 Å². The maximum atomic E-state index is 12.3. The van der Waals surface area contributed by atoms with Gasteiger partial charge in [-0.3, -0.25) is 14.7 Å². The number of aromatic nitrogens is 3. The molecule has 28 heavy (non-hydrogen) atoms. The molecule has 0 saturated heterocycles. The zero-order valence-corrected chi connectivity index (χ0v) is 16.1. The van der Waals surface area contributed by atoms with Gasteiger partial charge in [-0.05, 0) is 26.0 Å². The van der Waals surface area contributed by atoms with E-state index in [1.165, 1.54) is 24.8 Å². The highest BCUT2D eigenvalue weighted by molar-refractivity contribution is 5.78. The van der Waals surface area contributed by atoms with Crippen LogP contribution in [0.3, 0.4) is 0 Å². The van der Waals surface area contributed by atoms with Gasteiger partial charge < -0.3 is 19.5 Å². The van der Waals surface area contributed by atoms with E-state index in [9.17, 15) is 9.59 Å². The number of hydrogen-bond acceptors (Lipinski definition) is 6. The SMILES string of the molecule is COc1cccc(OC)c1OCC(=O)N[C@H](C)c1cc(=O)n2[nH]c(C)cc2n1. The van der Waals surface area contributed by atoms with Crippen LogP contribution in [0.4, 0.5) is 0 Å². The molecule has 1 aromatic carbocycles. The van der Waals surface area contributed by atoms with Gasteiger partial charge in [0.1, 0.15) is 0 Å². The summed E-state index contributed by atoms with van der Waals surface area (Å²) in [5, 5.41) is 5.68. The lowest BCUT2D eigenvalue weighted by atomic mass is 10.2. The first-order valence-corrected chi connectivity index (χ1v) is 8.65. The molecule has 2 N–H and O–H groups in total. The molecule has 0 aliphatic rings. The van der Waals surface area contributed by atoms with Crippen molar-refractivity contribution in [2.75, 3.05) is 20.8 Å². The average Bonchev–Trinajstić information content (AvgIpc) is 3.06. The van der Waals surface area contributed by atoms with E-state index in [2.05, 4.69) is 15.4 Å². The zero-order chi connectivity index (χ0) is 20.3. The van der Waals surface area contributed by atoms with Crippen LogP contribution in [-0.4, -0.2) is 41.3 Å². The highest BCUT2D eigenvalue weighted by atomic mass is 16.5. The van der Waals surface area contributed by atoms with Crippen molar-refractivity contribution in [3.63, 3.8) is 0 Å². The van der Waals surface area contributed by atoms with Crippen molar-refractivity contribution in [3.05, 3.63) is 52.1 Å². The van der Waals surface area contributed by atoms with Crippen molar-refractivity contribution in [1.82, 2.24) is 19.9 Å². The Kier molecular flexibility index (Phi) is 5.53. The standard InChI is InChI=1S/C19H22N4O5/c1-11-8-16-21-13(9-18(25)23(16)22-11)12(2)20-17(24)10-28-19-14(26-3)6-5-7-15(19)27-4/h5-9,12,22H,10H2,1-4H3,(H,20,24)/t12-/m1/s1. The summed E-state index contributed by atoms with van der Waals surface area (Å²) in [4.78, 5) is 28.9. The molecule has 0 saturated carbocycles. The fourth-order valence-corrected chi connectivity index (χ4v) is 2.81. The lowest BCUT2D eigenvalue weighted by Crippen LogP contribution is -2.32. The van der Waals surface area contributed by atoms with E-state index in [-0.39, 0.29) is 18.1 Å². The number of amides is 1. The Hall–Kier alpha value is -3.49. The largest absolute Gasteiger partial charge is 0.493 e. The first kappa shape index (κ1) is 19.3. The minimum absolute atomic E-state index is 0.244. The number of methoxy groups -OCH3 is 2. The maximum absolute atomic E-state index is 12.3. The van der Waals surface area contributed by atoms with Gasteiger partial charge in [0.25, 0.3) is 11.5 Å². The molecule has 2 heterocycles. The molecule has 3 aromatic rings. The Morgan fingerprint density at radius 2 is 1.93 bits per heavy atom. The Bertz CT molecular complexity index is 1030. The van der Waals surface area contributed by atoms with E-state index in [1.54, 1.807) is 31.2 Å². The monoisotopic (exact) mass is 386 g/mol. The third-order valence-electron chi connectivity index (χ3n) is 4.15. The maximum Gasteiger partial charge on any atom is 0.272 e. The molecule has 0 aliphatic heterocycles. The Labute approximate surface area is 161 Å². The van der Waals surface area contributed by atoms with Gasteiger partial charge in [0.05, 0.1) is 26.0 Å². The lowest BCUT2D eigenvalue weighted by molar-refractivity contribution is -0.123. The third kappa shape index (κ3) is 3.93. The summed E-state index contributed by atoms with van der Waals surface area (Å²) in [7, 11) is 3.01. The average molecular weight is 386 g/mol. The number of carbonyl (C=O) groups excluding carboxylic acids is 1. The van der Waals surface area contributed by atoms with Gasteiger partial charge in [0.15, 0.2) is 23.8 Å². The molecule has 1 atom stereocenters. The molecule has 0 radical (unpaired) electrons. The fraction of sp³-hybridized carbons (Fsp3) is 0.316. The highest BCUT2D eigenvalue weighted by Gasteiger charge is 2.17. The summed E-state index contributed by atoms with van der Waals surface area (Å²) in [5.41, 5.74) is 1.53. The molecule has 0 bridgehead atoms. The van der Waals surface area contributed by atoms with E-state index < -0.39 is 6.04 Å². The van der Waals surface area contributed by atoms with Crippen molar-refractivity contribution in [3.8, 4) is 17.2 Å². The van der Waals surface area contributed by atoms with Crippen LogP contribution in [0.5, 0.6) is 17.2 Å². The molecular weight excluding hydrogens is 364 g/mol. The number of nitrogens with zero attached hydrogens (tertiary/aromatic N) is 2. The van der Waals surface area contributed by atoms with Crippen LogP contribution in [0.15, 0.2) is 35.1 Å². The van der Waals surface area contributed by atoms with E-state index in [0.29, 0.717) is 28.6 Å². The summed E-state index contributed by atoms with van der Waals surface area (Å²) in [6.07, 6.45) is 0. The lowest BCUT2D eigenvalue weighted by Gasteiger charge is -2.16. The minimum Gasteiger partial charge on any atom is -0.493 e. The van der Waals surface area contributed by atoms with E-state index in [4.69, 9.17) is 14.2 Å². The normalized spacial score (nSPS) is 11.9. The molecule has 148 valence electrons. The highest BCUT2D eigenvalue weighted by Crippen LogP contribution is 2.36. The number of para-hydroxylation sites is 1. The molecule has 3 rings (SSSR count). The summed E-state index contributed by atoms with van der Waals surface area (Å²) in [5.74, 6) is 0.898. The van der Waals surface area contributed by atoms with Gasteiger partial charge in [-0.15, -0.1) is 0 Å². The Morgan fingerprint density at radius 1 is 1.25 bits per heavy atom. The van der Waals surface area contributed by atoms with Crippen molar-refractivity contribution in [2.45, 2.75) is 19.9 Å². The van der Waals surface area contributed by atoms with Crippen LogP contribution >= 0.6 is 0 Å². The molecule has 2 aromatic heterocycles. The first-order valence-electron chi connectivity index (χ1n) is 8.65. The topological polar surface area (TPSA) is 107 Å². The number of rotatable bonds is 7. The number of H-pyrrole nitrogens is 1. The second-order valence-corrected chi connectivity index (χ2v) is 6.22. The van der Waals surface area contributed by atoms with Gasteiger partial charge in [-0.1, -0.05) is 6.07 Å². The minimum atomic E-state index is -0.469. The first-order chi connectivity index (χ1) is 13.4. The predicted molar refractivity (Wildman–Crippen MR) is 102 cm³/mol. The smallest absolute Gasteiger partial charge is 0.272 e. The van der Waals surface area contributed by atoms with Crippen LogP contribution in [0, 0.1) is 6.92 Å². The van der Waals surface area contributed by atoms with Gasteiger partial charge >= 0.3 is 0 Å². The predicted octanol–water partition coefficient (Wildman–Crippen LogP) is 1.60. The van der Waals surface area contributed by atoms with Crippen LogP contribution < -0.4 is 25.1 Å². The number of ether oxygens (including phenoxy) is 3. The van der Waals surface area contributed by atoms with Crippen molar-refractivity contribution in [1.29, 1.82) is 0 Å². The number of carbonyl (C=O) groups is 1. The van der Waals surface area contributed by atoms with Gasteiger partial charge in [-0.2, -0.15) is 0 Å². The van der Waals surface area contributed by atoms with E-state index in [0.717, 1.165) is 5.69 Å². The quantitative estimate of drug-likeness (QED) is 0.639. The summed E-state index contributed by atoms with van der Waals surface area (Å²) < 4.78 is 17.4. The van der Waals surface area contributed by atoms with Crippen molar-refractivity contribution in [2.24, 2.45) is 0 Å². The van der Waals surface area contributed by atoms with Crippen molar-refractivity contribution >= 4 is 11.6 Å². The second-order valence-electron chi connectivity index (χ2n) is 6.22. The molecule has 0 spiro atoms. The van der Waals surface area contributed by atoms with Crippen LogP contribution in [-0.2, 0) is 4.79 Å². The number of hydrogen-bond donors (Lipinski definition) is 2. The van der Waals surface area contributed by atoms with Gasteiger partial charge in [0, 0.05) is 17.8 Å². The number of benzene rings is 1. The Balaban J connectivity index is 1.69. The zero-order valence-electron chi connectivity index (χ0n) is 16.1. The van der Waals surface area contributed by atoms with Crippen LogP contribution in [0.2, 0.25) is 0 Å². The molecule has 0 fully saturated rings. The molecule has 0 aliphatic carbocycles. The van der Waals surface area contributed by atoms with Gasteiger partial charge in [0.2, 0.25) is 5.75 Å². The summed E-state index contributed by atoms with van der Waals surface area (Å²) in [6, 6.07) is 7.86. The molecular formula is C19H22N4O5. The number of nitrogens with one attached hydrogen (secondary N) is 2. The molecule has 1 amide bonds. The summed E-state index contributed by atoms with van der Waals surface area (Å²) in [6.45, 7) is 3.34. The molecule has 9 nitrogen and oxygen atoms in total. The van der Waals surface area contributed by atoms with Crippen LogP contribution in [0.1, 0.15) is 24.4 Å². The summed E-state index contributed by atoms with van der Waals surface area (Å²) >= 11 is 0. The number of aromatic amines is 1. The van der Waals surface area contributed by atoms with Gasteiger partial charge in [-0.25, -0.2) is 9.50 Å². The van der Waals surface area contributed by atoms with Crippen molar-refractivity contribution < 1.29 is 19.0 Å². The molecule has 9 heteroatoms. The van der Waals surface area contributed by atoms with Crippen LogP contribution in [0.25, 0.3) is 5.65 Å². The fourth-order valence-electron chi connectivity index (χ4n) is 2.81. The Morgan fingerprint density at radius 3 is 2.57 bits per heavy atom. The van der Waals surface area contributed by atoms with E-state index in [1.807, 2.05) is 6.92 Å². The third-order valence-corrected chi connectivity index (χ3v) is 4.15.